The van der Waals surface area contributed by atoms with Crippen LogP contribution < -0.4 is 4.74 Å². The zero-order valence-corrected chi connectivity index (χ0v) is 13.1. The maximum absolute atomic E-state index is 10.8. The van der Waals surface area contributed by atoms with Gasteiger partial charge in [0.25, 0.3) is 5.69 Å². The van der Waals surface area contributed by atoms with Gasteiger partial charge in [-0.05, 0) is 36.6 Å². The number of halogens is 1. The number of nitro benzene ring substituents is 1. The molecule has 0 heterocycles. The molecule has 20 heavy (non-hydrogen) atoms. The van der Waals surface area contributed by atoms with Crippen molar-refractivity contribution in [1.82, 2.24) is 0 Å². The van der Waals surface area contributed by atoms with Gasteiger partial charge in [-0.3, -0.25) is 10.1 Å². The van der Waals surface area contributed by atoms with E-state index in [0.29, 0.717) is 16.8 Å². The fourth-order valence-corrected chi connectivity index (χ4v) is 2.50. The van der Waals surface area contributed by atoms with Gasteiger partial charge in [0.1, 0.15) is 11.5 Å². The Labute approximate surface area is 129 Å². The molecular formula is C14H12BrNO3S. The number of non-ortho nitro benzene ring substituents is 1. The largest absolute Gasteiger partial charge is 0.457 e. The summed E-state index contributed by atoms with van der Waals surface area (Å²) in [5.74, 6) is 1.32. The summed E-state index contributed by atoms with van der Waals surface area (Å²) >= 11 is 4.98. The van der Waals surface area contributed by atoms with E-state index < -0.39 is 4.92 Å². The maximum Gasteiger partial charge on any atom is 0.270 e. The van der Waals surface area contributed by atoms with Crippen LogP contribution in [0.2, 0.25) is 0 Å². The van der Waals surface area contributed by atoms with Crippen molar-refractivity contribution in [3.8, 4) is 11.5 Å². The second-order valence-electron chi connectivity index (χ2n) is 3.96. The smallest absolute Gasteiger partial charge is 0.270 e. The van der Waals surface area contributed by atoms with E-state index in [1.165, 1.54) is 12.1 Å². The van der Waals surface area contributed by atoms with Crippen LogP contribution in [-0.4, -0.2) is 11.2 Å². The highest BCUT2D eigenvalue weighted by Gasteiger charge is 2.11. The first-order chi connectivity index (χ1) is 9.63. The van der Waals surface area contributed by atoms with E-state index >= 15 is 0 Å². The molecule has 0 aliphatic rings. The molecule has 0 fully saturated rings. The number of rotatable bonds is 5. The number of benzene rings is 2. The number of hydrogen-bond acceptors (Lipinski definition) is 4. The van der Waals surface area contributed by atoms with Crippen molar-refractivity contribution in [2.24, 2.45) is 0 Å². The molecule has 0 aliphatic heterocycles. The number of nitrogens with zero attached hydrogens (tertiary/aromatic N) is 1. The minimum absolute atomic E-state index is 0.0598. The van der Waals surface area contributed by atoms with Gasteiger partial charge in [-0.15, -0.1) is 11.8 Å². The lowest BCUT2D eigenvalue weighted by atomic mass is 10.2. The second kappa shape index (κ2) is 6.76. The first-order valence-corrected chi connectivity index (χ1v) is 8.14. The fourth-order valence-electron chi connectivity index (χ4n) is 1.65. The Morgan fingerprint density at radius 1 is 1.25 bits per heavy atom. The van der Waals surface area contributed by atoms with Crippen LogP contribution in [0.15, 0.2) is 47.4 Å². The van der Waals surface area contributed by atoms with E-state index in [9.17, 15) is 10.1 Å². The molecule has 0 saturated carbocycles. The van der Waals surface area contributed by atoms with Crippen molar-refractivity contribution in [2.45, 2.75) is 10.2 Å². The normalized spacial score (nSPS) is 10.3. The minimum atomic E-state index is -0.413. The Morgan fingerprint density at radius 3 is 2.50 bits per heavy atom. The predicted octanol–water partition coefficient (Wildman–Crippen LogP) is 5.00. The molecule has 104 valence electrons. The molecule has 0 saturated heterocycles. The summed E-state index contributed by atoms with van der Waals surface area (Å²) in [4.78, 5) is 11.5. The highest BCUT2D eigenvalue weighted by molar-refractivity contribution is 9.08. The van der Waals surface area contributed by atoms with E-state index in [4.69, 9.17) is 4.74 Å². The number of nitro groups is 1. The molecule has 0 aliphatic carbocycles. The molecule has 0 spiro atoms. The highest BCUT2D eigenvalue weighted by atomic mass is 79.9. The summed E-state index contributed by atoms with van der Waals surface area (Å²) in [6.07, 6.45) is 2.01. The number of ether oxygens (including phenoxy) is 1. The van der Waals surface area contributed by atoms with Gasteiger partial charge in [0, 0.05) is 27.9 Å². The molecule has 0 aromatic heterocycles. The standard InChI is InChI=1S/C14H12BrNO3S/c1-20-13-5-3-12(4-6-13)19-14-7-2-11(16(17)18)8-10(14)9-15/h2-8H,9H2,1H3. The Bertz CT molecular complexity index is 616. The zero-order chi connectivity index (χ0) is 14.5. The van der Waals surface area contributed by atoms with Crippen LogP contribution >= 0.6 is 27.7 Å². The lowest BCUT2D eigenvalue weighted by molar-refractivity contribution is -0.384. The molecular weight excluding hydrogens is 342 g/mol. The van der Waals surface area contributed by atoms with Gasteiger partial charge < -0.3 is 4.74 Å². The van der Waals surface area contributed by atoms with Gasteiger partial charge in [0.2, 0.25) is 0 Å². The van der Waals surface area contributed by atoms with E-state index in [2.05, 4.69) is 15.9 Å². The Balaban J connectivity index is 2.25. The third-order valence-corrected chi connectivity index (χ3v) is 4.03. The average Bonchev–Trinajstić information content (AvgIpc) is 2.48. The van der Waals surface area contributed by atoms with Crippen LogP contribution in [0, 0.1) is 10.1 Å². The van der Waals surface area contributed by atoms with Crippen LogP contribution in [-0.2, 0) is 5.33 Å². The van der Waals surface area contributed by atoms with Crippen molar-refractivity contribution in [3.05, 3.63) is 58.1 Å². The van der Waals surface area contributed by atoms with Crippen molar-refractivity contribution in [1.29, 1.82) is 0 Å². The molecule has 2 aromatic carbocycles. The number of alkyl halides is 1. The van der Waals surface area contributed by atoms with Crippen LogP contribution in [0.1, 0.15) is 5.56 Å². The van der Waals surface area contributed by atoms with Gasteiger partial charge in [0.05, 0.1) is 4.92 Å². The van der Waals surface area contributed by atoms with Crippen molar-refractivity contribution in [2.75, 3.05) is 6.26 Å². The van der Waals surface area contributed by atoms with E-state index in [-0.39, 0.29) is 5.69 Å². The van der Waals surface area contributed by atoms with Crippen LogP contribution in [0.25, 0.3) is 0 Å². The van der Waals surface area contributed by atoms with Gasteiger partial charge in [-0.25, -0.2) is 0 Å². The Morgan fingerprint density at radius 2 is 1.95 bits per heavy atom. The van der Waals surface area contributed by atoms with E-state index in [1.807, 2.05) is 30.5 Å². The molecule has 0 unspecified atom stereocenters. The average molecular weight is 354 g/mol. The van der Waals surface area contributed by atoms with Crippen molar-refractivity contribution < 1.29 is 9.66 Å². The molecule has 0 radical (unpaired) electrons. The Kier molecular flexibility index (Phi) is 5.03. The van der Waals surface area contributed by atoms with Gasteiger partial charge in [0.15, 0.2) is 0 Å². The van der Waals surface area contributed by atoms with E-state index in [0.717, 1.165) is 10.5 Å². The third kappa shape index (κ3) is 3.52. The van der Waals surface area contributed by atoms with Gasteiger partial charge in [-0.2, -0.15) is 0 Å². The highest BCUT2D eigenvalue weighted by Crippen LogP contribution is 2.31. The lowest BCUT2D eigenvalue weighted by Gasteiger charge is -2.09. The number of hydrogen-bond donors (Lipinski definition) is 0. The van der Waals surface area contributed by atoms with Crippen LogP contribution in [0.4, 0.5) is 5.69 Å². The van der Waals surface area contributed by atoms with E-state index in [1.54, 1.807) is 17.8 Å². The summed E-state index contributed by atoms with van der Waals surface area (Å²) < 4.78 is 5.77. The maximum atomic E-state index is 10.8. The molecule has 0 N–H and O–H groups in total. The molecule has 4 nitrogen and oxygen atoms in total. The lowest BCUT2D eigenvalue weighted by Crippen LogP contribution is -1.93. The topological polar surface area (TPSA) is 52.4 Å². The number of thioether (sulfide) groups is 1. The fraction of sp³-hybridized carbons (Fsp3) is 0.143. The van der Waals surface area contributed by atoms with Crippen LogP contribution in [0.3, 0.4) is 0 Å². The SMILES string of the molecule is CSc1ccc(Oc2ccc([N+](=O)[O-])cc2CBr)cc1. The summed E-state index contributed by atoms with van der Waals surface area (Å²) in [5, 5.41) is 11.2. The first-order valence-electron chi connectivity index (χ1n) is 5.79. The second-order valence-corrected chi connectivity index (χ2v) is 5.40. The molecule has 0 bridgehead atoms. The summed E-state index contributed by atoms with van der Waals surface area (Å²) in [5.41, 5.74) is 0.803. The predicted molar refractivity (Wildman–Crippen MR) is 84.0 cm³/mol. The molecule has 0 amide bonds. The molecule has 6 heteroatoms. The summed E-state index contributed by atoms with van der Waals surface area (Å²) in [6, 6.07) is 12.3. The zero-order valence-electron chi connectivity index (χ0n) is 10.7. The summed E-state index contributed by atoms with van der Waals surface area (Å²) in [7, 11) is 0. The Hall–Kier alpha value is -1.53. The van der Waals surface area contributed by atoms with Crippen LogP contribution in [0.5, 0.6) is 11.5 Å². The first kappa shape index (κ1) is 14.9. The van der Waals surface area contributed by atoms with Crippen molar-refractivity contribution >= 4 is 33.4 Å². The summed E-state index contributed by atoms with van der Waals surface area (Å²) in [6.45, 7) is 0. The van der Waals surface area contributed by atoms with Gasteiger partial charge in [-0.1, -0.05) is 15.9 Å². The monoisotopic (exact) mass is 353 g/mol. The quantitative estimate of drug-likeness (QED) is 0.328. The van der Waals surface area contributed by atoms with Gasteiger partial charge >= 0.3 is 0 Å². The molecule has 2 aromatic rings. The molecule has 2 rings (SSSR count). The third-order valence-electron chi connectivity index (χ3n) is 2.69. The van der Waals surface area contributed by atoms with Crippen molar-refractivity contribution in [3.63, 3.8) is 0 Å². The molecule has 0 atom stereocenters. The minimum Gasteiger partial charge on any atom is -0.457 e.